The third kappa shape index (κ3) is 4.08. The van der Waals surface area contributed by atoms with Crippen LogP contribution in [0.25, 0.3) is 0 Å². The predicted octanol–water partition coefficient (Wildman–Crippen LogP) is 4.15. The van der Waals surface area contributed by atoms with Gasteiger partial charge < -0.3 is 0 Å². The van der Waals surface area contributed by atoms with Crippen LogP contribution >= 0.6 is 15.9 Å². The van der Waals surface area contributed by atoms with Crippen LogP contribution in [0.1, 0.15) is 38.2 Å². The van der Waals surface area contributed by atoms with Crippen molar-refractivity contribution in [1.29, 1.82) is 0 Å². The summed E-state index contributed by atoms with van der Waals surface area (Å²) in [4.78, 5) is 5.37. The molecule has 3 heteroatoms. The monoisotopic (exact) mass is 350 g/mol. The molecular weight excluding hydrogens is 324 g/mol. The fraction of sp³-hybridized carbons (Fsp3) is 0.667. The van der Waals surface area contributed by atoms with Crippen molar-refractivity contribution >= 4 is 15.9 Å². The van der Waals surface area contributed by atoms with E-state index in [1.54, 1.807) is 0 Å². The van der Waals surface area contributed by atoms with Gasteiger partial charge in [0.15, 0.2) is 0 Å². The number of halogens is 1. The molecule has 1 saturated heterocycles. The molecule has 0 spiro atoms. The van der Waals surface area contributed by atoms with E-state index < -0.39 is 0 Å². The number of hydrogen-bond donors (Lipinski definition) is 0. The SMILES string of the molecule is C[C@@H]1CCCC[C@H]1N1CCN(Cc2ccc(Br)cc2)CC1. The van der Waals surface area contributed by atoms with Gasteiger partial charge >= 0.3 is 0 Å². The molecule has 1 aliphatic carbocycles. The summed E-state index contributed by atoms with van der Waals surface area (Å²) in [7, 11) is 0. The molecule has 0 unspecified atom stereocenters. The maximum atomic E-state index is 3.51. The quantitative estimate of drug-likeness (QED) is 0.807. The molecular formula is C18H27BrN2. The van der Waals surface area contributed by atoms with E-state index in [2.05, 4.69) is 56.9 Å². The number of piperazine rings is 1. The molecule has 0 N–H and O–H groups in total. The van der Waals surface area contributed by atoms with Crippen LogP contribution < -0.4 is 0 Å². The summed E-state index contributed by atoms with van der Waals surface area (Å²) in [6.45, 7) is 8.51. The number of benzene rings is 1. The lowest BCUT2D eigenvalue weighted by Gasteiger charge is -2.43. The van der Waals surface area contributed by atoms with Gasteiger partial charge in [-0.1, -0.05) is 47.8 Å². The van der Waals surface area contributed by atoms with E-state index in [0.717, 1.165) is 18.5 Å². The van der Waals surface area contributed by atoms with E-state index in [4.69, 9.17) is 0 Å². The topological polar surface area (TPSA) is 6.48 Å². The molecule has 0 amide bonds. The van der Waals surface area contributed by atoms with Crippen LogP contribution in [0.3, 0.4) is 0 Å². The summed E-state index contributed by atoms with van der Waals surface area (Å²) in [5, 5.41) is 0. The summed E-state index contributed by atoms with van der Waals surface area (Å²) < 4.78 is 1.17. The minimum atomic E-state index is 0.855. The highest BCUT2D eigenvalue weighted by atomic mass is 79.9. The zero-order valence-electron chi connectivity index (χ0n) is 13.1. The van der Waals surface area contributed by atoms with E-state index >= 15 is 0 Å². The van der Waals surface area contributed by atoms with Crippen LogP contribution in [-0.4, -0.2) is 42.0 Å². The lowest BCUT2D eigenvalue weighted by atomic mass is 9.84. The molecule has 1 heterocycles. The van der Waals surface area contributed by atoms with Crippen LogP contribution in [0.15, 0.2) is 28.7 Å². The van der Waals surface area contributed by atoms with Crippen molar-refractivity contribution in [2.24, 2.45) is 5.92 Å². The molecule has 116 valence electrons. The molecule has 2 atom stereocenters. The number of rotatable bonds is 3. The fourth-order valence-corrected chi connectivity index (χ4v) is 4.20. The van der Waals surface area contributed by atoms with Crippen molar-refractivity contribution in [3.63, 3.8) is 0 Å². The van der Waals surface area contributed by atoms with Gasteiger partial charge in [-0.25, -0.2) is 0 Å². The Labute approximate surface area is 137 Å². The van der Waals surface area contributed by atoms with Gasteiger partial charge in [0, 0.05) is 43.2 Å². The first kappa shape index (κ1) is 15.5. The van der Waals surface area contributed by atoms with Gasteiger partial charge in [-0.2, -0.15) is 0 Å². The Kier molecular flexibility index (Phi) is 5.36. The molecule has 1 saturated carbocycles. The second kappa shape index (κ2) is 7.26. The van der Waals surface area contributed by atoms with E-state index in [1.807, 2.05) is 0 Å². The normalized spacial score (nSPS) is 28.7. The zero-order chi connectivity index (χ0) is 14.7. The molecule has 3 rings (SSSR count). The molecule has 21 heavy (non-hydrogen) atoms. The highest BCUT2D eigenvalue weighted by molar-refractivity contribution is 9.10. The molecule has 1 aromatic carbocycles. The van der Waals surface area contributed by atoms with E-state index in [1.165, 1.54) is 61.9 Å². The van der Waals surface area contributed by atoms with Crippen molar-refractivity contribution in [2.75, 3.05) is 26.2 Å². The standard InChI is InChI=1S/C18H27BrN2/c1-15-4-2-3-5-18(15)21-12-10-20(11-13-21)14-16-6-8-17(19)9-7-16/h6-9,15,18H,2-5,10-14H2,1H3/t15-,18-/m1/s1. The molecule has 0 aromatic heterocycles. The molecule has 0 radical (unpaired) electrons. The average Bonchev–Trinajstić information content (AvgIpc) is 2.51. The van der Waals surface area contributed by atoms with Crippen molar-refractivity contribution in [2.45, 2.75) is 45.2 Å². The Morgan fingerprint density at radius 2 is 1.67 bits per heavy atom. The van der Waals surface area contributed by atoms with Crippen molar-refractivity contribution in [1.82, 2.24) is 9.80 Å². The van der Waals surface area contributed by atoms with Crippen LogP contribution in [0, 0.1) is 5.92 Å². The molecule has 1 aliphatic heterocycles. The Balaban J connectivity index is 1.49. The van der Waals surface area contributed by atoms with Gasteiger partial charge in [0.1, 0.15) is 0 Å². The Bertz CT molecular complexity index is 437. The summed E-state index contributed by atoms with van der Waals surface area (Å²) in [5.41, 5.74) is 1.43. The smallest absolute Gasteiger partial charge is 0.0234 e. The van der Waals surface area contributed by atoms with E-state index in [9.17, 15) is 0 Å². The first-order valence-electron chi connectivity index (χ1n) is 8.43. The Hall–Kier alpha value is -0.380. The minimum absolute atomic E-state index is 0.855. The highest BCUT2D eigenvalue weighted by Crippen LogP contribution is 2.28. The van der Waals surface area contributed by atoms with Gasteiger partial charge in [0.05, 0.1) is 0 Å². The third-order valence-corrected chi connectivity index (χ3v) is 5.79. The first-order valence-corrected chi connectivity index (χ1v) is 9.22. The van der Waals surface area contributed by atoms with Gasteiger partial charge in [0.2, 0.25) is 0 Å². The van der Waals surface area contributed by atoms with E-state index in [0.29, 0.717) is 0 Å². The molecule has 0 bridgehead atoms. The molecule has 2 nitrogen and oxygen atoms in total. The summed E-state index contributed by atoms with van der Waals surface area (Å²) in [5.74, 6) is 0.900. The van der Waals surface area contributed by atoms with Gasteiger partial charge in [0.25, 0.3) is 0 Å². The van der Waals surface area contributed by atoms with Crippen molar-refractivity contribution < 1.29 is 0 Å². The molecule has 2 aliphatic rings. The second-order valence-electron chi connectivity index (χ2n) is 6.77. The largest absolute Gasteiger partial charge is 0.298 e. The second-order valence-corrected chi connectivity index (χ2v) is 7.68. The maximum Gasteiger partial charge on any atom is 0.0234 e. The van der Waals surface area contributed by atoms with Crippen LogP contribution in [-0.2, 0) is 6.54 Å². The van der Waals surface area contributed by atoms with Gasteiger partial charge in [-0.05, 0) is 36.5 Å². The van der Waals surface area contributed by atoms with Crippen LogP contribution in [0.2, 0.25) is 0 Å². The first-order chi connectivity index (χ1) is 10.2. The Morgan fingerprint density at radius 3 is 2.33 bits per heavy atom. The summed E-state index contributed by atoms with van der Waals surface area (Å²) in [6.07, 6.45) is 5.74. The minimum Gasteiger partial charge on any atom is -0.298 e. The van der Waals surface area contributed by atoms with E-state index in [-0.39, 0.29) is 0 Å². The van der Waals surface area contributed by atoms with Gasteiger partial charge in [-0.15, -0.1) is 0 Å². The summed E-state index contributed by atoms with van der Waals surface area (Å²) in [6, 6.07) is 9.62. The van der Waals surface area contributed by atoms with Crippen LogP contribution in [0.4, 0.5) is 0 Å². The average molecular weight is 351 g/mol. The third-order valence-electron chi connectivity index (χ3n) is 5.26. The van der Waals surface area contributed by atoms with Gasteiger partial charge in [-0.3, -0.25) is 9.80 Å². The number of hydrogen-bond acceptors (Lipinski definition) is 2. The van der Waals surface area contributed by atoms with Crippen LogP contribution in [0.5, 0.6) is 0 Å². The number of nitrogens with zero attached hydrogens (tertiary/aromatic N) is 2. The highest BCUT2D eigenvalue weighted by Gasteiger charge is 2.29. The fourth-order valence-electron chi connectivity index (χ4n) is 3.94. The zero-order valence-corrected chi connectivity index (χ0v) is 14.7. The predicted molar refractivity (Wildman–Crippen MR) is 92.4 cm³/mol. The lowest BCUT2D eigenvalue weighted by molar-refractivity contribution is 0.0518. The summed E-state index contributed by atoms with van der Waals surface area (Å²) >= 11 is 3.51. The molecule has 1 aromatic rings. The lowest BCUT2D eigenvalue weighted by Crippen LogP contribution is -2.52. The molecule has 2 fully saturated rings. The van der Waals surface area contributed by atoms with Crippen molar-refractivity contribution in [3.05, 3.63) is 34.3 Å². The maximum absolute atomic E-state index is 3.51. The Morgan fingerprint density at radius 1 is 1.00 bits per heavy atom. The van der Waals surface area contributed by atoms with Crippen molar-refractivity contribution in [3.8, 4) is 0 Å².